The van der Waals surface area contributed by atoms with Crippen molar-refractivity contribution in [2.24, 2.45) is 4.99 Å². The Bertz CT molecular complexity index is 553. The second-order valence-electron chi connectivity index (χ2n) is 7.18. The highest BCUT2D eigenvalue weighted by molar-refractivity contribution is 5.79. The predicted molar refractivity (Wildman–Crippen MR) is 98.6 cm³/mol. The Morgan fingerprint density at radius 2 is 1.96 bits per heavy atom. The third-order valence-electron chi connectivity index (χ3n) is 5.44. The fourth-order valence-electron chi connectivity index (χ4n) is 3.76. The van der Waals surface area contributed by atoms with Crippen LogP contribution in [-0.2, 0) is 17.6 Å². The Morgan fingerprint density at radius 1 is 1.25 bits per heavy atom. The predicted octanol–water partition coefficient (Wildman–Crippen LogP) is 1.43. The van der Waals surface area contributed by atoms with E-state index in [1.807, 2.05) is 7.05 Å². The fourth-order valence-corrected chi connectivity index (χ4v) is 3.76. The van der Waals surface area contributed by atoms with Crippen LogP contribution in [0.2, 0.25) is 0 Å². The van der Waals surface area contributed by atoms with Gasteiger partial charge in [-0.3, -0.25) is 4.99 Å². The molecule has 0 saturated carbocycles. The smallest absolute Gasteiger partial charge is 0.191 e. The Hall–Kier alpha value is -1.59. The van der Waals surface area contributed by atoms with Crippen LogP contribution in [0.3, 0.4) is 0 Å². The third kappa shape index (κ3) is 3.73. The van der Waals surface area contributed by atoms with Crippen LogP contribution < -0.4 is 10.6 Å². The van der Waals surface area contributed by atoms with Crippen LogP contribution in [0.15, 0.2) is 29.3 Å². The van der Waals surface area contributed by atoms with Gasteiger partial charge in [0.15, 0.2) is 5.96 Å². The average molecular weight is 330 g/mol. The molecule has 1 heterocycles. The SMILES string of the molecule is CN=C(NCC1CCCO1)NCC1(N(C)C)Cc2ccccc2C1. The van der Waals surface area contributed by atoms with Gasteiger partial charge >= 0.3 is 0 Å². The van der Waals surface area contributed by atoms with Crippen LogP contribution in [0.1, 0.15) is 24.0 Å². The second kappa shape index (κ2) is 7.53. The summed E-state index contributed by atoms with van der Waals surface area (Å²) in [5.74, 6) is 0.864. The van der Waals surface area contributed by atoms with Crippen molar-refractivity contribution in [2.75, 3.05) is 40.8 Å². The van der Waals surface area contributed by atoms with E-state index >= 15 is 0 Å². The molecule has 1 aliphatic heterocycles. The fraction of sp³-hybridized carbons (Fsp3) is 0.632. The number of guanidine groups is 1. The molecule has 2 N–H and O–H groups in total. The molecule has 1 atom stereocenters. The molecule has 1 saturated heterocycles. The summed E-state index contributed by atoms with van der Waals surface area (Å²) in [6.45, 7) is 2.59. The van der Waals surface area contributed by atoms with E-state index in [2.05, 4.69) is 58.9 Å². The molecule has 5 heteroatoms. The molecule has 0 bridgehead atoms. The van der Waals surface area contributed by atoms with Gasteiger partial charge in [0, 0.05) is 32.3 Å². The van der Waals surface area contributed by atoms with Gasteiger partial charge in [-0.15, -0.1) is 0 Å². The number of aliphatic imine (C=N–C) groups is 1. The number of benzene rings is 1. The zero-order valence-electron chi connectivity index (χ0n) is 15.1. The van der Waals surface area contributed by atoms with E-state index in [1.54, 1.807) is 0 Å². The molecule has 0 spiro atoms. The van der Waals surface area contributed by atoms with E-state index in [4.69, 9.17) is 4.74 Å². The summed E-state index contributed by atoms with van der Waals surface area (Å²) < 4.78 is 5.67. The number of nitrogens with one attached hydrogen (secondary N) is 2. The van der Waals surface area contributed by atoms with E-state index in [0.29, 0.717) is 6.10 Å². The van der Waals surface area contributed by atoms with Gasteiger partial charge in [0.25, 0.3) is 0 Å². The van der Waals surface area contributed by atoms with Crippen LogP contribution in [-0.4, -0.2) is 63.3 Å². The summed E-state index contributed by atoms with van der Waals surface area (Å²) in [5, 5.41) is 6.94. The quantitative estimate of drug-likeness (QED) is 0.633. The third-order valence-corrected chi connectivity index (χ3v) is 5.44. The van der Waals surface area contributed by atoms with Crippen LogP contribution in [0.5, 0.6) is 0 Å². The molecule has 5 nitrogen and oxygen atoms in total. The lowest BCUT2D eigenvalue weighted by atomic mass is 9.94. The molecular weight excluding hydrogens is 300 g/mol. The minimum atomic E-state index is 0.102. The minimum absolute atomic E-state index is 0.102. The molecule has 3 rings (SSSR count). The second-order valence-corrected chi connectivity index (χ2v) is 7.18. The molecule has 0 radical (unpaired) electrons. The first-order valence-corrected chi connectivity index (χ1v) is 8.93. The Kier molecular flexibility index (Phi) is 5.41. The van der Waals surface area contributed by atoms with Gasteiger partial charge in [0.05, 0.1) is 6.10 Å². The zero-order valence-corrected chi connectivity index (χ0v) is 15.1. The molecule has 1 unspecified atom stereocenters. The summed E-state index contributed by atoms with van der Waals surface area (Å²) in [4.78, 5) is 6.72. The highest BCUT2D eigenvalue weighted by atomic mass is 16.5. The van der Waals surface area contributed by atoms with E-state index in [-0.39, 0.29) is 5.54 Å². The molecule has 1 fully saturated rings. The maximum Gasteiger partial charge on any atom is 0.191 e. The summed E-state index contributed by atoms with van der Waals surface area (Å²) in [7, 11) is 6.18. The number of ether oxygens (including phenoxy) is 1. The van der Waals surface area contributed by atoms with Gasteiger partial charge < -0.3 is 20.3 Å². The van der Waals surface area contributed by atoms with Gasteiger partial charge in [0.1, 0.15) is 0 Å². The first kappa shape index (κ1) is 17.2. The standard InChI is InChI=1S/C19H30N4O/c1-20-18(21-13-17-9-6-10-24-17)22-14-19(23(2)3)11-15-7-4-5-8-16(15)12-19/h4-5,7-8,17H,6,9-14H2,1-3H3,(H2,20,21,22). The Morgan fingerprint density at radius 3 is 2.50 bits per heavy atom. The van der Waals surface area contributed by atoms with E-state index in [1.165, 1.54) is 17.5 Å². The highest BCUT2D eigenvalue weighted by Crippen LogP contribution is 2.32. The largest absolute Gasteiger partial charge is 0.376 e. The van der Waals surface area contributed by atoms with Crippen molar-refractivity contribution < 1.29 is 4.74 Å². The summed E-state index contributed by atoms with van der Waals surface area (Å²) >= 11 is 0. The lowest BCUT2D eigenvalue weighted by Gasteiger charge is -2.37. The average Bonchev–Trinajstić information content (AvgIpc) is 3.22. The first-order chi connectivity index (χ1) is 11.6. The number of rotatable bonds is 5. The molecule has 0 amide bonds. The van der Waals surface area contributed by atoms with Crippen molar-refractivity contribution in [1.82, 2.24) is 15.5 Å². The van der Waals surface area contributed by atoms with Gasteiger partial charge in [0.2, 0.25) is 0 Å². The summed E-state index contributed by atoms with van der Waals surface area (Å²) in [6.07, 6.45) is 4.78. The minimum Gasteiger partial charge on any atom is -0.376 e. The lowest BCUT2D eigenvalue weighted by Crippen LogP contribution is -2.55. The molecule has 0 aromatic heterocycles. The van der Waals surface area contributed by atoms with Crippen molar-refractivity contribution in [3.05, 3.63) is 35.4 Å². The normalized spacial score (nSPS) is 22.7. The van der Waals surface area contributed by atoms with Gasteiger partial charge in [-0.2, -0.15) is 0 Å². The first-order valence-electron chi connectivity index (χ1n) is 8.93. The summed E-state index contributed by atoms with van der Waals surface area (Å²) in [6, 6.07) is 8.79. The van der Waals surface area contributed by atoms with Crippen molar-refractivity contribution in [2.45, 2.75) is 37.3 Å². The lowest BCUT2D eigenvalue weighted by molar-refractivity contribution is 0.113. The number of hydrogen-bond donors (Lipinski definition) is 2. The summed E-state index contributed by atoms with van der Waals surface area (Å²) in [5.41, 5.74) is 3.04. The van der Waals surface area contributed by atoms with Crippen LogP contribution in [0.25, 0.3) is 0 Å². The molecule has 132 valence electrons. The van der Waals surface area contributed by atoms with Crippen molar-refractivity contribution in [3.63, 3.8) is 0 Å². The number of likely N-dealkylation sites (N-methyl/N-ethyl adjacent to an activating group) is 1. The van der Waals surface area contributed by atoms with Crippen molar-refractivity contribution in [3.8, 4) is 0 Å². The molecule has 2 aliphatic rings. The van der Waals surface area contributed by atoms with Gasteiger partial charge in [-0.1, -0.05) is 24.3 Å². The Balaban J connectivity index is 1.58. The van der Waals surface area contributed by atoms with E-state index in [0.717, 1.165) is 44.9 Å². The Labute approximate surface area is 145 Å². The number of fused-ring (bicyclic) bond motifs is 1. The van der Waals surface area contributed by atoms with Gasteiger partial charge in [-0.25, -0.2) is 0 Å². The van der Waals surface area contributed by atoms with Crippen LogP contribution in [0, 0.1) is 0 Å². The molecule has 24 heavy (non-hydrogen) atoms. The van der Waals surface area contributed by atoms with Crippen LogP contribution >= 0.6 is 0 Å². The topological polar surface area (TPSA) is 48.9 Å². The maximum absolute atomic E-state index is 5.67. The van der Waals surface area contributed by atoms with E-state index in [9.17, 15) is 0 Å². The molecule has 1 aromatic carbocycles. The molecular formula is C19H30N4O. The molecule has 1 aliphatic carbocycles. The number of nitrogens with zero attached hydrogens (tertiary/aromatic N) is 2. The maximum atomic E-state index is 5.67. The van der Waals surface area contributed by atoms with Crippen LogP contribution in [0.4, 0.5) is 0 Å². The van der Waals surface area contributed by atoms with Crippen molar-refractivity contribution in [1.29, 1.82) is 0 Å². The zero-order chi connectivity index (χ0) is 17.0. The number of hydrogen-bond acceptors (Lipinski definition) is 3. The van der Waals surface area contributed by atoms with Crippen molar-refractivity contribution >= 4 is 5.96 Å². The molecule has 1 aromatic rings. The highest BCUT2D eigenvalue weighted by Gasteiger charge is 2.39. The van der Waals surface area contributed by atoms with Gasteiger partial charge in [-0.05, 0) is 50.9 Å². The monoisotopic (exact) mass is 330 g/mol. The van der Waals surface area contributed by atoms with E-state index < -0.39 is 0 Å².